The summed E-state index contributed by atoms with van der Waals surface area (Å²) in [6.45, 7) is 2.55. The molecule has 0 spiro atoms. The Kier molecular flexibility index (Phi) is 6.17. The second-order valence-electron chi connectivity index (χ2n) is 9.32. The predicted octanol–water partition coefficient (Wildman–Crippen LogP) is 4.48. The Morgan fingerprint density at radius 2 is 1.91 bits per heavy atom. The van der Waals surface area contributed by atoms with E-state index >= 15 is 0 Å². The molecular weight excluding hydrogens is 431 g/mol. The largest absolute Gasteiger partial charge is 0.493 e. The van der Waals surface area contributed by atoms with Gasteiger partial charge in [-0.1, -0.05) is 11.6 Å². The summed E-state index contributed by atoms with van der Waals surface area (Å²) in [5.74, 6) is 2.33. The fraction of sp³-hybridized carbons (Fsp3) is 0.542. The van der Waals surface area contributed by atoms with Crippen LogP contribution in [0.5, 0.6) is 5.75 Å². The number of hydrogen-bond acceptors (Lipinski definition) is 5. The van der Waals surface area contributed by atoms with Crippen molar-refractivity contribution in [2.24, 2.45) is 17.8 Å². The maximum absolute atomic E-state index is 14.3. The molecule has 1 aliphatic heterocycles. The van der Waals surface area contributed by atoms with Crippen LogP contribution in [-0.2, 0) is 0 Å². The number of amides is 1. The first-order valence-electron chi connectivity index (χ1n) is 11.5. The lowest BCUT2D eigenvalue weighted by Gasteiger charge is -2.32. The summed E-state index contributed by atoms with van der Waals surface area (Å²) in [6, 6.07) is 4.75. The van der Waals surface area contributed by atoms with E-state index in [1.165, 1.54) is 25.0 Å². The molecule has 0 radical (unpaired) electrons. The first-order chi connectivity index (χ1) is 15.5. The molecular formula is C24H28ClFN4O2. The van der Waals surface area contributed by atoms with Crippen molar-refractivity contribution in [1.29, 1.82) is 0 Å². The minimum atomic E-state index is -0.524. The normalized spacial score (nSPS) is 23.1. The van der Waals surface area contributed by atoms with Crippen LogP contribution < -0.4 is 15.0 Å². The van der Waals surface area contributed by atoms with Crippen molar-refractivity contribution in [2.75, 3.05) is 24.6 Å². The number of aromatic nitrogens is 2. The van der Waals surface area contributed by atoms with E-state index in [4.69, 9.17) is 16.3 Å². The summed E-state index contributed by atoms with van der Waals surface area (Å²) in [5.41, 5.74) is 0.0869. The van der Waals surface area contributed by atoms with E-state index in [1.807, 2.05) is 0 Å². The van der Waals surface area contributed by atoms with E-state index in [0.717, 1.165) is 50.6 Å². The number of carbonyl (C=O) groups excluding carboxylic acids is 1. The van der Waals surface area contributed by atoms with Crippen molar-refractivity contribution in [1.82, 2.24) is 15.3 Å². The van der Waals surface area contributed by atoms with Gasteiger partial charge < -0.3 is 15.0 Å². The van der Waals surface area contributed by atoms with Crippen LogP contribution >= 0.6 is 11.6 Å². The van der Waals surface area contributed by atoms with E-state index in [2.05, 4.69) is 20.2 Å². The van der Waals surface area contributed by atoms with Gasteiger partial charge in [-0.3, -0.25) is 4.79 Å². The third kappa shape index (κ3) is 5.31. The average Bonchev–Trinajstić information content (AvgIpc) is 3.72. The molecule has 3 aliphatic rings. The molecule has 0 bridgehead atoms. The number of rotatable bonds is 8. The standard InChI is InChI=1S/C24H28ClFN4O2/c25-18-12-27-24(28-13-18)30-7-5-15(6-8-30)9-16-10-17(16)14-32-20-3-4-21(22(26)11-20)23(31)29-19-1-2-19/h3-4,11-13,15-17,19H,1-2,5-10,14H2,(H,29,31)/t16-,17-/m0/s1. The Balaban J connectivity index is 1.03. The maximum atomic E-state index is 14.3. The number of nitrogens with one attached hydrogen (secondary N) is 1. The topological polar surface area (TPSA) is 67.3 Å². The van der Waals surface area contributed by atoms with Crippen molar-refractivity contribution in [2.45, 2.75) is 44.6 Å². The van der Waals surface area contributed by atoms with Crippen LogP contribution in [0, 0.1) is 23.6 Å². The fourth-order valence-corrected chi connectivity index (χ4v) is 4.63. The molecule has 5 rings (SSSR count). The predicted molar refractivity (Wildman–Crippen MR) is 121 cm³/mol. The zero-order chi connectivity index (χ0) is 22.1. The Morgan fingerprint density at radius 3 is 2.59 bits per heavy atom. The molecule has 170 valence electrons. The van der Waals surface area contributed by atoms with E-state index in [9.17, 15) is 9.18 Å². The van der Waals surface area contributed by atoms with Crippen LogP contribution in [0.2, 0.25) is 5.02 Å². The molecule has 3 fully saturated rings. The zero-order valence-corrected chi connectivity index (χ0v) is 18.7. The van der Waals surface area contributed by atoms with Gasteiger partial charge in [-0.15, -0.1) is 0 Å². The van der Waals surface area contributed by atoms with Gasteiger partial charge in [0.05, 0.1) is 29.6 Å². The second kappa shape index (κ2) is 9.22. The summed E-state index contributed by atoms with van der Waals surface area (Å²) in [6.07, 6.45) is 9.93. The second-order valence-corrected chi connectivity index (χ2v) is 9.76. The van der Waals surface area contributed by atoms with Crippen molar-refractivity contribution in [3.05, 3.63) is 47.0 Å². The van der Waals surface area contributed by atoms with Gasteiger partial charge >= 0.3 is 0 Å². The summed E-state index contributed by atoms with van der Waals surface area (Å²) >= 11 is 5.87. The number of piperidine rings is 1. The molecule has 8 heteroatoms. The van der Waals surface area contributed by atoms with Gasteiger partial charge in [-0.05, 0) is 68.4 Å². The van der Waals surface area contributed by atoms with Crippen LogP contribution in [0.1, 0.15) is 48.9 Å². The van der Waals surface area contributed by atoms with Crippen LogP contribution in [0.15, 0.2) is 30.6 Å². The van der Waals surface area contributed by atoms with Gasteiger partial charge in [0.15, 0.2) is 0 Å². The van der Waals surface area contributed by atoms with Crippen molar-refractivity contribution >= 4 is 23.5 Å². The molecule has 6 nitrogen and oxygen atoms in total. The van der Waals surface area contributed by atoms with Crippen molar-refractivity contribution < 1.29 is 13.9 Å². The summed E-state index contributed by atoms with van der Waals surface area (Å²) in [4.78, 5) is 22.9. The first-order valence-corrected chi connectivity index (χ1v) is 11.9. The average molecular weight is 459 g/mol. The molecule has 2 aliphatic carbocycles. The molecule has 2 atom stereocenters. The Bertz CT molecular complexity index is 961. The Hall–Kier alpha value is -2.41. The third-order valence-corrected chi connectivity index (χ3v) is 6.97. The maximum Gasteiger partial charge on any atom is 0.254 e. The summed E-state index contributed by atoms with van der Waals surface area (Å²) < 4.78 is 20.1. The van der Waals surface area contributed by atoms with Gasteiger partial charge in [0.1, 0.15) is 11.6 Å². The zero-order valence-electron chi connectivity index (χ0n) is 18.0. The number of halogens is 2. The van der Waals surface area contributed by atoms with E-state index in [-0.39, 0.29) is 17.5 Å². The lowest BCUT2D eigenvalue weighted by Crippen LogP contribution is -2.35. The smallest absolute Gasteiger partial charge is 0.254 e. The van der Waals surface area contributed by atoms with E-state index < -0.39 is 5.82 Å². The number of nitrogens with zero attached hydrogens (tertiary/aromatic N) is 3. The van der Waals surface area contributed by atoms with Gasteiger partial charge in [-0.2, -0.15) is 0 Å². The molecule has 1 N–H and O–H groups in total. The first kappa shape index (κ1) is 21.4. The van der Waals surface area contributed by atoms with Gasteiger partial charge in [0.25, 0.3) is 5.91 Å². The van der Waals surface area contributed by atoms with Gasteiger partial charge in [-0.25, -0.2) is 14.4 Å². The van der Waals surface area contributed by atoms with Crippen molar-refractivity contribution in [3.63, 3.8) is 0 Å². The molecule has 1 amide bonds. The molecule has 1 saturated heterocycles. The lowest BCUT2D eigenvalue weighted by molar-refractivity contribution is 0.0947. The summed E-state index contributed by atoms with van der Waals surface area (Å²) in [5, 5.41) is 3.37. The number of benzene rings is 1. The van der Waals surface area contributed by atoms with Crippen LogP contribution in [-0.4, -0.2) is 41.6 Å². The monoisotopic (exact) mass is 458 g/mol. The molecule has 1 aromatic heterocycles. The number of anilines is 1. The molecule has 32 heavy (non-hydrogen) atoms. The highest BCUT2D eigenvalue weighted by molar-refractivity contribution is 6.30. The molecule has 2 saturated carbocycles. The molecule has 2 aromatic rings. The van der Waals surface area contributed by atoms with Gasteiger partial charge in [0.2, 0.25) is 5.95 Å². The van der Waals surface area contributed by atoms with E-state index in [0.29, 0.717) is 29.2 Å². The van der Waals surface area contributed by atoms with Crippen LogP contribution in [0.3, 0.4) is 0 Å². The highest BCUT2D eigenvalue weighted by Gasteiger charge is 2.39. The third-order valence-electron chi connectivity index (χ3n) is 6.77. The highest BCUT2D eigenvalue weighted by Crippen LogP contribution is 2.45. The SMILES string of the molecule is O=C(NC1CC1)c1ccc(OC[C@@H]2C[C@@H]2CC2CCN(c3ncc(Cl)cn3)CC2)cc1F. The highest BCUT2D eigenvalue weighted by atomic mass is 35.5. The molecule has 0 unspecified atom stereocenters. The molecule has 1 aromatic carbocycles. The quantitative estimate of drug-likeness (QED) is 0.631. The Morgan fingerprint density at radius 1 is 1.16 bits per heavy atom. The van der Waals surface area contributed by atoms with E-state index in [1.54, 1.807) is 18.5 Å². The lowest BCUT2D eigenvalue weighted by atomic mass is 9.91. The van der Waals surface area contributed by atoms with Gasteiger partial charge in [0, 0.05) is 25.2 Å². The minimum Gasteiger partial charge on any atom is -0.493 e. The number of carbonyl (C=O) groups is 1. The van der Waals surface area contributed by atoms with Crippen molar-refractivity contribution in [3.8, 4) is 5.75 Å². The van der Waals surface area contributed by atoms with Crippen LogP contribution in [0.4, 0.5) is 10.3 Å². The summed E-state index contributed by atoms with van der Waals surface area (Å²) in [7, 11) is 0. The molecule has 2 heterocycles. The number of hydrogen-bond donors (Lipinski definition) is 1. The fourth-order valence-electron chi connectivity index (χ4n) is 4.53. The van der Waals surface area contributed by atoms with Crippen LogP contribution in [0.25, 0.3) is 0 Å². The number of ether oxygens (including phenoxy) is 1. The minimum absolute atomic E-state index is 0.0869. The Labute approximate surface area is 192 Å².